The lowest BCUT2D eigenvalue weighted by Gasteiger charge is -2.09. The summed E-state index contributed by atoms with van der Waals surface area (Å²) >= 11 is 0. The Morgan fingerprint density at radius 1 is 1.67 bits per heavy atom. The first kappa shape index (κ1) is 11.2. The SMILES string of the molecule is N#Cc1c(C=O)ncc(CN)c1C(F)F. The third-order valence-electron chi connectivity index (χ3n) is 1.89. The molecule has 0 bridgehead atoms. The Balaban J connectivity index is 3.53. The van der Waals surface area contributed by atoms with Crippen LogP contribution in [0.2, 0.25) is 0 Å². The first-order valence-corrected chi connectivity index (χ1v) is 4.01. The van der Waals surface area contributed by atoms with Crippen LogP contribution < -0.4 is 5.73 Å². The van der Waals surface area contributed by atoms with E-state index in [0.29, 0.717) is 0 Å². The summed E-state index contributed by atoms with van der Waals surface area (Å²) in [7, 11) is 0. The largest absolute Gasteiger partial charge is 0.326 e. The minimum Gasteiger partial charge on any atom is -0.326 e. The quantitative estimate of drug-likeness (QED) is 0.761. The van der Waals surface area contributed by atoms with Gasteiger partial charge in [0.25, 0.3) is 6.43 Å². The molecule has 2 N–H and O–H groups in total. The van der Waals surface area contributed by atoms with Crippen LogP contribution in [0.1, 0.15) is 33.6 Å². The number of aldehydes is 1. The van der Waals surface area contributed by atoms with Crippen molar-refractivity contribution < 1.29 is 13.6 Å². The van der Waals surface area contributed by atoms with Crippen LogP contribution in [0.3, 0.4) is 0 Å². The number of nitriles is 1. The number of pyridine rings is 1. The molecule has 15 heavy (non-hydrogen) atoms. The second-order valence-electron chi connectivity index (χ2n) is 2.69. The number of nitrogens with zero attached hydrogens (tertiary/aromatic N) is 2. The van der Waals surface area contributed by atoms with Crippen molar-refractivity contribution in [2.75, 3.05) is 0 Å². The number of carbonyl (C=O) groups excluding carboxylic acids is 1. The Hall–Kier alpha value is -1.87. The number of halogens is 2. The first-order valence-electron chi connectivity index (χ1n) is 4.01. The monoisotopic (exact) mass is 211 g/mol. The van der Waals surface area contributed by atoms with Gasteiger partial charge in [-0.15, -0.1) is 0 Å². The van der Waals surface area contributed by atoms with Gasteiger partial charge in [0.1, 0.15) is 11.8 Å². The lowest BCUT2D eigenvalue weighted by Crippen LogP contribution is -2.08. The van der Waals surface area contributed by atoms with Crippen LogP contribution in [-0.2, 0) is 6.54 Å². The number of hydrogen-bond acceptors (Lipinski definition) is 4. The molecule has 1 aromatic heterocycles. The smallest absolute Gasteiger partial charge is 0.265 e. The van der Waals surface area contributed by atoms with Gasteiger partial charge in [0, 0.05) is 18.3 Å². The van der Waals surface area contributed by atoms with Gasteiger partial charge in [-0.1, -0.05) is 0 Å². The molecule has 0 spiro atoms. The van der Waals surface area contributed by atoms with E-state index in [0.717, 1.165) is 6.20 Å². The van der Waals surface area contributed by atoms with Crippen LogP contribution in [0.25, 0.3) is 0 Å². The van der Waals surface area contributed by atoms with Crippen LogP contribution >= 0.6 is 0 Å². The van der Waals surface area contributed by atoms with Gasteiger partial charge in [0.2, 0.25) is 0 Å². The molecule has 1 rings (SSSR count). The fourth-order valence-electron chi connectivity index (χ4n) is 1.20. The van der Waals surface area contributed by atoms with Crippen molar-refractivity contribution in [1.29, 1.82) is 5.26 Å². The molecule has 0 aliphatic rings. The zero-order valence-corrected chi connectivity index (χ0v) is 7.58. The van der Waals surface area contributed by atoms with Gasteiger partial charge in [-0.2, -0.15) is 5.26 Å². The molecule has 0 fully saturated rings. The van der Waals surface area contributed by atoms with Gasteiger partial charge in [-0.3, -0.25) is 9.78 Å². The molecule has 0 saturated heterocycles. The average Bonchev–Trinajstić information content (AvgIpc) is 2.26. The Labute approximate surface area is 84.3 Å². The predicted molar refractivity (Wildman–Crippen MR) is 47.2 cm³/mol. The van der Waals surface area contributed by atoms with Crippen molar-refractivity contribution in [2.45, 2.75) is 13.0 Å². The molecule has 4 nitrogen and oxygen atoms in total. The fraction of sp³-hybridized carbons (Fsp3) is 0.222. The molecule has 0 aromatic carbocycles. The summed E-state index contributed by atoms with van der Waals surface area (Å²) in [5.41, 5.74) is 4.12. The molecule has 0 atom stereocenters. The highest BCUT2D eigenvalue weighted by Crippen LogP contribution is 2.26. The summed E-state index contributed by atoms with van der Waals surface area (Å²) in [6, 6.07) is 1.54. The molecule has 6 heteroatoms. The number of carbonyl (C=O) groups is 1. The second-order valence-corrected chi connectivity index (χ2v) is 2.69. The lowest BCUT2D eigenvalue weighted by molar-refractivity contribution is 0.111. The van der Waals surface area contributed by atoms with Crippen molar-refractivity contribution >= 4 is 6.29 Å². The molecule has 1 heterocycles. The van der Waals surface area contributed by atoms with E-state index in [-0.39, 0.29) is 24.1 Å². The molecule has 0 unspecified atom stereocenters. The third kappa shape index (κ3) is 1.97. The number of aromatic nitrogens is 1. The van der Waals surface area contributed by atoms with Crippen molar-refractivity contribution in [3.05, 3.63) is 28.6 Å². The highest BCUT2D eigenvalue weighted by Gasteiger charge is 2.20. The lowest BCUT2D eigenvalue weighted by atomic mass is 10.0. The summed E-state index contributed by atoms with van der Waals surface area (Å²) in [6.07, 6.45) is -1.49. The predicted octanol–water partition coefficient (Wildman–Crippen LogP) is 1.16. The highest BCUT2D eigenvalue weighted by molar-refractivity contribution is 5.77. The van der Waals surface area contributed by atoms with Gasteiger partial charge in [-0.25, -0.2) is 8.78 Å². The van der Waals surface area contributed by atoms with Crippen molar-refractivity contribution in [3.63, 3.8) is 0 Å². The zero-order chi connectivity index (χ0) is 11.4. The van der Waals surface area contributed by atoms with E-state index in [4.69, 9.17) is 11.0 Å². The third-order valence-corrected chi connectivity index (χ3v) is 1.89. The van der Waals surface area contributed by atoms with Gasteiger partial charge in [0.15, 0.2) is 6.29 Å². The number of rotatable bonds is 3. The number of nitrogens with two attached hydrogens (primary N) is 1. The zero-order valence-electron chi connectivity index (χ0n) is 7.58. The van der Waals surface area contributed by atoms with E-state index in [1.54, 1.807) is 6.07 Å². The normalized spacial score (nSPS) is 10.1. The topological polar surface area (TPSA) is 79.8 Å². The number of hydrogen-bond donors (Lipinski definition) is 1. The maximum absolute atomic E-state index is 12.6. The Bertz CT molecular complexity index is 426. The average molecular weight is 211 g/mol. The van der Waals surface area contributed by atoms with Crippen LogP contribution in [0, 0.1) is 11.3 Å². The van der Waals surface area contributed by atoms with E-state index in [1.807, 2.05) is 0 Å². The van der Waals surface area contributed by atoms with Gasteiger partial charge < -0.3 is 5.73 Å². The first-order chi connectivity index (χ1) is 7.15. The van der Waals surface area contributed by atoms with E-state index in [1.165, 1.54) is 0 Å². The molecule has 0 radical (unpaired) electrons. The maximum Gasteiger partial charge on any atom is 0.265 e. The van der Waals surface area contributed by atoms with Crippen LogP contribution in [-0.4, -0.2) is 11.3 Å². The van der Waals surface area contributed by atoms with Gasteiger partial charge in [0.05, 0.1) is 5.56 Å². The van der Waals surface area contributed by atoms with Crippen LogP contribution in [0.4, 0.5) is 8.78 Å². The van der Waals surface area contributed by atoms with E-state index in [2.05, 4.69) is 4.98 Å². The molecule has 0 saturated carbocycles. The van der Waals surface area contributed by atoms with E-state index in [9.17, 15) is 13.6 Å². The number of alkyl halides is 2. The Kier molecular flexibility index (Phi) is 3.42. The molecular formula is C9H7F2N3O. The minimum absolute atomic E-state index is 0.0761. The van der Waals surface area contributed by atoms with Gasteiger partial charge >= 0.3 is 0 Å². The van der Waals surface area contributed by atoms with Crippen LogP contribution in [0.15, 0.2) is 6.20 Å². The van der Waals surface area contributed by atoms with Crippen molar-refractivity contribution in [1.82, 2.24) is 4.98 Å². The maximum atomic E-state index is 12.6. The van der Waals surface area contributed by atoms with Crippen molar-refractivity contribution in [2.24, 2.45) is 5.73 Å². The second kappa shape index (κ2) is 4.57. The molecular weight excluding hydrogens is 204 g/mol. The van der Waals surface area contributed by atoms with E-state index < -0.39 is 17.6 Å². The summed E-state index contributed by atoms with van der Waals surface area (Å²) in [5.74, 6) is 0. The standard InChI is InChI=1S/C9H7F2N3O/c10-9(11)8-5(1-12)3-14-7(4-15)6(8)2-13/h3-4,9H,1,12H2. The minimum atomic E-state index is -2.85. The van der Waals surface area contributed by atoms with E-state index >= 15 is 0 Å². The molecule has 0 aliphatic heterocycles. The summed E-state index contributed by atoms with van der Waals surface area (Å²) in [5, 5.41) is 8.68. The Morgan fingerprint density at radius 2 is 2.33 bits per heavy atom. The van der Waals surface area contributed by atoms with Crippen molar-refractivity contribution in [3.8, 4) is 6.07 Å². The fourth-order valence-corrected chi connectivity index (χ4v) is 1.20. The summed E-state index contributed by atoms with van der Waals surface area (Å²) in [6.45, 7) is -0.152. The van der Waals surface area contributed by atoms with Crippen LogP contribution in [0.5, 0.6) is 0 Å². The molecule has 1 aromatic rings. The summed E-state index contributed by atoms with van der Waals surface area (Å²) < 4.78 is 25.3. The molecule has 78 valence electrons. The molecule has 0 amide bonds. The molecule has 0 aliphatic carbocycles. The summed E-state index contributed by atoms with van der Waals surface area (Å²) in [4.78, 5) is 14.0. The Morgan fingerprint density at radius 3 is 2.73 bits per heavy atom. The highest BCUT2D eigenvalue weighted by atomic mass is 19.3. The van der Waals surface area contributed by atoms with Gasteiger partial charge in [-0.05, 0) is 5.56 Å².